The summed E-state index contributed by atoms with van der Waals surface area (Å²) < 4.78 is 16.3. The molecule has 0 aliphatic carbocycles. The topological polar surface area (TPSA) is 115 Å². The molecule has 180 valence electrons. The third-order valence-corrected chi connectivity index (χ3v) is 5.31. The lowest BCUT2D eigenvalue weighted by Gasteiger charge is -2.09. The first kappa shape index (κ1) is 25.4. The summed E-state index contributed by atoms with van der Waals surface area (Å²) in [6.45, 7) is -0.284. The van der Waals surface area contributed by atoms with Crippen LogP contribution in [0.1, 0.15) is 26.3 Å². The minimum Gasteiger partial charge on any atom is -0.493 e. The second-order valence-corrected chi connectivity index (χ2v) is 7.84. The summed E-state index contributed by atoms with van der Waals surface area (Å²) in [6.07, 6.45) is 1.39. The molecule has 0 aliphatic heterocycles. The van der Waals surface area contributed by atoms with Gasteiger partial charge in [-0.15, -0.1) is 0 Å². The van der Waals surface area contributed by atoms with Crippen molar-refractivity contribution in [3.8, 4) is 17.2 Å². The zero-order valence-electron chi connectivity index (χ0n) is 18.9. The molecular formula is C25H22BrN3O6. The summed E-state index contributed by atoms with van der Waals surface area (Å²) >= 11 is 3.32. The Bertz CT molecular complexity index is 1260. The molecule has 0 unspecified atom stereocenters. The van der Waals surface area contributed by atoms with Crippen LogP contribution in [0.2, 0.25) is 0 Å². The molecule has 0 aromatic heterocycles. The van der Waals surface area contributed by atoms with Gasteiger partial charge in [-0.05, 0) is 64.0 Å². The highest BCUT2D eigenvalue weighted by molar-refractivity contribution is 9.10. The number of hydrogen-bond acceptors (Lipinski definition) is 7. The van der Waals surface area contributed by atoms with Gasteiger partial charge >= 0.3 is 5.97 Å². The van der Waals surface area contributed by atoms with Crippen molar-refractivity contribution in [2.45, 2.75) is 0 Å². The largest absolute Gasteiger partial charge is 0.493 e. The second kappa shape index (κ2) is 12.3. The summed E-state index contributed by atoms with van der Waals surface area (Å²) in [6, 6.07) is 18.3. The van der Waals surface area contributed by atoms with E-state index in [1.807, 2.05) is 0 Å². The number of hydrazone groups is 1. The van der Waals surface area contributed by atoms with Crippen molar-refractivity contribution in [2.24, 2.45) is 5.10 Å². The predicted octanol–water partition coefficient (Wildman–Crippen LogP) is 3.57. The molecule has 0 saturated heterocycles. The van der Waals surface area contributed by atoms with Gasteiger partial charge in [-0.2, -0.15) is 5.10 Å². The van der Waals surface area contributed by atoms with Crippen molar-refractivity contribution in [3.05, 3.63) is 87.9 Å². The van der Waals surface area contributed by atoms with Crippen LogP contribution in [-0.4, -0.2) is 44.8 Å². The van der Waals surface area contributed by atoms with Crippen LogP contribution in [-0.2, 0) is 4.79 Å². The molecule has 0 spiro atoms. The summed E-state index contributed by atoms with van der Waals surface area (Å²) in [5, 5.41) is 6.38. The summed E-state index contributed by atoms with van der Waals surface area (Å²) in [7, 11) is 2.96. The van der Waals surface area contributed by atoms with E-state index in [9.17, 15) is 14.4 Å². The Labute approximate surface area is 210 Å². The maximum Gasteiger partial charge on any atom is 0.344 e. The van der Waals surface area contributed by atoms with Gasteiger partial charge < -0.3 is 19.5 Å². The molecule has 0 atom stereocenters. The number of benzene rings is 3. The van der Waals surface area contributed by atoms with Gasteiger partial charge in [0.2, 0.25) is 0 Å². The van der Waals surface area contributed by atoms with Crippen molar-refractivity contribution in [1.82, 2.24) is 10.7 Å². The zero-order chi connectivity index (χ0) is 25.2. The van der Waals surface area contributed by atoms with Crippen LogP contribution < -0.4 is 25.0 Å². The average Bonchev–Trinajstić information content (AvgIpc) is 2.87. The highest BCUT2D eigenvalue weighted by Gasteiger charge is 2.13. The Balaban J connectivity index is 1.51. The van der Waals surface area contributed by atoms with Crippen molar-refractivity contribution >= 4 is 39.9 Å². The fourth-order valence-electron chi connectivity index (χ4n) is 2.91. The fourth-order valence-corrected chi connectivity index (χ4v) is 3.35. The molecule has 3 aromatic carbocycles. The highest BCUT2D eigenvalue weighted by Crippen LogP contribution is 2.27. The smallest absolute Gasteiger partial charge is 0.344 e. The van der Waals surface area contributed by atoms with Crippen molar-refractivity contribution in [3.63, 3.8) is 0 Å². The van der Waals surface area contributed by atoms with Crippen LogP contribution in [0.5, 0.6) is 17.2 Å². The summed E-state index contributed by atoms with van der Waals surface area (Å²) in [5.74, 6) is -0.272. The number of carbonyl (C=O) groups is 3. The Morgan fingerprint density at radius 1 is 0.943 bits per heavy atom. The lowest BCUT2D eigenvalue weighted by molar-refractivity contribution is -0.120. The SMILES string of the molecule is COc1ccc(C(=O)NCC(=O)NN=Cc2cccc(OC(=O)c3ccccc3Br)c2)cc1OC. The molecule has 10 heteroatoms. The molecule has 3 rings (SSSR count). The van der Waals surface area contributed by atoms with Crippen molar-refractivity contribution in [1.29, 1.82) is 0 Å². The number of hydrogen-bond donors (Lipinski definition) is 2. The number of halogens is 1. The highest BCUT2D eigenvalue weighted by atomic mass is 79.9. The van der Waals surface area contributed by atoms with E-state index in [-0.39, 0.29) is 6.54 Å². The molecule has 0 aliphatic rings. The summed E-state index contributed by atoms with van der Waals surface area (Å²) in [5.41, 5.74) is 3.63. The molecule has 0 fully saturated rings. The van der Waals surface area contributed by atoms with E-state index in [1.165, 1.54) is 26.5 Å². The zero-order valence-corrected chi connectivity index (χ0v) is 20.5. The molecule has 0 radical (unpaired) electrons. The van der Waals surface area contributed by atoms with Gasteiger partial charge in [-0.1, -0.05) is 24.3 Å². The van der Waals surface area contributed by atoms with E-state index in [0.29, 0.717) is 38.4 Å². The van der Waals surface area contributed by atoms with E-state index in [4.69, 9.17) is 14.2 Å². The van der Waals surface area contributed by atoms with E-state index in [1.54, 1.807) is 60.7 Å². The minimum atomic E-state index is -0.522. The number of rotatable bonds is 9. The lowest BCUT2D eigenvalue weighted by Crippen LogP contribution is -2.34. The van der Waals surface area contributed by atoms with Crippen LogP contribution in [0.25, 0.3) is 0 Å². The average molecular weight is 540 g/mol. The number of amides is 2. The molecular weight excluding hydrogens is 518 g/mol. The quantitative estimate of drug-likeness (QED) is 0.186. The molecule has 35 heavy (non-hydrogen) atoms. The molecule has 3 aromatic rings. The Morgan fingerprint density at radius 3 is 2.46 bits per heavy atom. The van der Waals surface area contributed by atoms with Gasteiger partial charge in [0.05, 0.1) is 32.5 Å². The summed E-state index contributed by atoms with van der Waals surface area (Å²) in [4.78, 5) is 36.7. The standard InChI is InChI=1S/C25H22BrN3O6/c1-33-21-11-10-17(13-22(21)34-2)24(31)27-15-23(30)29-28-14-16-6-5-7-18(12-16)35-25(32)19-8-3-4-9-20(19)26/h3-14H,15H2,1-2H3,(H,27,31)(H,29,30). The molecule has 0 saturated carbocycles. The first-order valence-corrected chi connectivity index (χ1v) is 11.1. The van der Waals surface area contributed by atoms with Crippen molar-refractivity contribution < 1.29 is 28.6 Å². The van der Waals surface area contributed by atoms with Gasteiger partial charge in [0.25, 0.3) is 11.8 Å². The number of ether oxygens (including phenoxy) is 3. The third kappa shape index (κ3) is 7.15. The van der Waals surface area contributed by atoms with Gasteiger partial charge in [0, 0.05) is 10.0 Å². The normalized spacial score (nSPS) is 10.5. The minimum absolute atomic E-state index is 0.284. The Hall–Kier alpha value is -4.18. The number of nitrogens with zero attached hydrogens (tertiary/aromatic N) is 1. The van der Waals surface area contributed by atoms with Crippen LogP contribution >= 0.6 is 15.9 Å². The Kier molecular flexibility index (Phi) is 8.96. The molecule has 2 amide bonds. The predicted molar refractivity (Wildman–Crippen MR) is 133 cm³/mol. The van der Waals surface area contributed by atoms with Crippen molar-refractivity contribution in [2.75, 3.05) is 20.8 Å². The van der Waals surface area contributed by atoms with E-state index < -0.39 is 17.8 Å². The maximum absolute atomic E-state index is 12.4. The monoisotopic (exact) mass is 539 g/mol. The van der Waals surface area contributed by atoms with Gasteiger partial charge in [0.1, 0.15) is 5.75 Å². The number of methoxy groups -OCH3 is 2. The van der Waals surface area contributed by atoms with Crippen LogP contribution in [0, 0.1) is 0 Å². The van der Waals surface area contributed by atoms with Crippen LogP contribution in [0.15, 0.2) is 76.3 Å². The molecule has 0 bridgehead atoms. The third-order valence-electron chi connectivity index (χ3n) is 4.62. The maximum atomic E-state index is 12.4. The fraction of sp³-hybridized carbons (Fsp3) is 0.120. The molecule has 9 nitrogen and oxygen atoms in total. The molecule has 2 N–H and O–H groups in total. The number of esters is 1. The number of nitrogens with one attached hydrogen (secondary N) is 2. The first-order chi connectivity index (χ1) is 16.9. The Morgan fingerprint density at radius 2 is 1.71 bits per heavy atom. The van der Waals surface area contributed by atoms with Gasteiger partial charge in [-0.3, -0.25) is 9.59 Å². The van der Waals surface area contributed by atoms with Crippen LogP contribution in [0.4, 0.5) is 0 Å². The first-order valence-electron chi connectivity index (χ1n) is 10.3. The van der Waals surface area contributed by atoms with E-state index in [0.717, 1.165) is 0 Å². The van der Waals surface area contributed by atoms with E-state index in [2.05, 4.69) is 31.8 Å². The lowest BCUT2D eigenvalue weighted by atomic mass is 10.2. The number of carbonyl (C=O) groups excluding carboxylic acids is 3. The molecule has 0 heterocycles. The second-order valence-electron chi connectivity index (χ2n) is 6.99. The van der Waals surface area contributed by atoms with E-state index >= 15 is 0 Å². The van der Waals surface area contributed by atoms with Crippen LogP contribution in [0.3, 0.4) is 0 Å². The van der Waals surface area contributed by atoms with Gasteiger partial charge in [-0.25, -0.2) is 10.2 Å². The van der Waals surface area contributed by atoms with Gasteiger partial charge in [0.15, 0.2) is 11.5 Å².